The number of nitrogens with two attached hydrogens (primary N) is 1. The van der Waals surface area contributed by atoms with Crippen molar-refractivity contribution >= 4 is 33.9 Å². The molecule has 0 unspecified atom stereocenters. The van der Waals surface area contributed by atoms with E-state index in [0.29, 0.717) is 40.2 Å². The van der Waals surface area contributed by atoms with Crippen LogP contribution in [0.3, 0.4) is 0 Å². The van der Waals surface area contributed by atoms with Crippen molar-refractivity contribution in [1.29, 1.82) is 0 Å². The maximum atomic E-state index is 14.2. The van der Waals surface area contributed by atoms with E-state index in [1.54, 1.807) is 18.2 Å². The molecule has 0 aliphatic rings. The number of ether oxygens (including phenoxy) is 1. The van der Waals surface area contributed by atoms with E-state index >= 15 is 0 Å². The van der Waals surface area contributed by atoms with Crippen LogP contribution in [0.4, 0.5) is 25.5 Å². The standard InChI is InChI=1S/C32H30F2N6O2S/c1-19-15-26(38-32(36-19)37-22-9-5-10-23(18-22)42-14-13-40(2)3)30-29(39-31(35)43-30)21-8-4-7-20(16-21)17-27(41)28-24(33)11-6-12-25(28)34/h4-12,15-16,18H,13-14,17H2,1-3H3,(H2,35,39)(H,36,37,38). The first kappa shape index (κ1) is 29.7. The molecule has 0 bridgehead atoms. The Labute approximate surface area is 252 Å². The van der Waals surface area contributed by atoms with Crippen molar-refractivity contribution in [3.05, 3.63) is 101 Å². The van der Waals surface area contributed by atoms with Gasteiger partial charge < -0.3 is 20.7 Å². The third-order valence-electron chi connectivity index (χ3n) is 6.43. The first-order valence-corrected chi connectivity index (χ1v) is 14.3. The topological polar surface area (TPSA) is 106 Å². The summed E-state index contributed by atoms with van der Waals surface area (Å²) in [5, 5.41) is 3.60. The van der Waals surface area contributed by atoms with E-state index in [1.807, 2.05) is 62.3 Å². The van der Waals surface area contributed by atoms with Crippen LogP contribution in [0.15, 0.2) is 72.8 Å². The van der Waals surface area contributed by atoms with Crippen LogP contribution in [0.2, 0.25) is 0 Å². The van der Waals surface area contributed by atoms with Crippen molar-refractivity contribution in [2.75, 3.05) is 38.3 Å². The van der Waals surface area contributed by atoms with Gasteiger partial charge in [-0.3, -0.25) is 4.79 Å². The van der Waals surface area contributed by atoms with Crippen molar-refractivity contribution in [2.24, 2.45) is 0 Å². The van der Waals surface area contributed by atoms with Gasteiger partial charge in [0.1, 0.15) is 24.0 Å². The Kier molecular flexibility index (Phi) is 9.03. The largest absolute Gasteiger partial charge is 0.492 e. The van der Waals surface area contributed by atoms with E-state index in [4.69, 9.17) is 15.5 Å². The SMILES string of the molecule is Cc1cc(-c2sc(N)nc2-c2cccc(CC(=O)c3c(F)cccc3F)c2)nc(Nc2cccc(OCCN(C)C)c2)n1. The number of ketones is 1. The van der Waals surface area contributed by atoms with Crippen LogP contribution < -0.4 is 15.8 Å². The average molecular weight is 601 g/mol. The molecule has 0 atom stereocenters. The molecular formula is C32H30F2N6O2S. The van der Waals surface area contributed by atoms with Crippen LogP contribution in [0.5, 0.6) is 5.75 Å². The molecule has 0 aliphatic heterocycles. The Morgan fingerprint density at radius 1 is 0.977 bits per heavy atom. The third kappa shape index (κ3) is 7.37. The molecule has 0 amide bonds. The molecule has 0 fully saturated rings. The molecule has 0 saturated carbocycles. The minimum Gasteiger partial charge on any atom is -0.492 e. The van der Waals surface area contributed by atoms with Crippen LogP contribution in [-0.2, 0) is 6.42 Å². The summed E-state index contributed by atoms with van der Waals surface area (Å²) < 4.78 is 34.2. The molecule has 0 saturated heterocycles. The number of nitrogen functional groups attached to an aromatic ring is 1. The van der Waals surface area contributed by atoms with Crippen molar-refractivity contribution in [1.82, 2.24) is 19.9 Å². The fraction of sp³-hybridized carbons (Fsp3) is 0.188. The molecule has 0 spiro atoms. The first-order valence-electron chi connectivity index (χ1n) is 13.5. The number of anilines is 3. The summed E-state index contributed by atoms with van der Waals surface area (Å²) in [6, 6.07) is 19.9. The zero-order valence-corrected chi connectivity index (χ0v) is 24.7. The van der Waals surface area contributed by atoms with Gasteiger partial charge in [-0.05, 0) is 63.0 Å². The molecular weight excluding hydrogens is 570 g/mol. The lowest BCUT2D eigenvalue weighted by molar-refractivity contribution is 0.0985. The van der Waals surface area contributed by atoms with Gasteiger partial charge in [0.2, 0.25) is 5.95 Å². The highest BCUT2D eigenvalue weighted by Crippen LogP contribution is 2.38. The van der Waals surface area contributed by atoms with Gasteiger partial charge in [0, 0.05) is 36.0 Å². The highest BCUT2D eigenvalue weighted by Gasteiger charge is 2.20. The maximum Gasteiger partial charge on any atom is 0.228 e. The lowest BCUT2D eigenvalue weighted by Gasteiger charge is -2.12. The summed E-state index contributed by atoms with van der Waals surface area (Å²) in [6.07, 6.45) is -0.181. The number of thiazole rings is 1. The summed E-state index contributed by atoms with van der Waals surface area (Å²) in [5.74, 6) is -1.30. The Morgan fingerprint density at radius 3 is 2.49 bits per heavy atom. The van der Waals surface area contributed by atoms with Crippen molar-refractivity contribution in [3.8, 4) is 27.6 Å². The molecule has 5 rings (SSSR count). The minimum absolute atomic E-state index is 0.181. The predicted octanol–water partition coefficient (Wildman–Crippen LogP) is 6.55. The van der Waals surface area contributed by atoms with Gasteiger partial charge in [-0.15, -0.1) is 0 Å². The number of nitrogens with zero attached hydrogens (tertiary/aromatic N) is 4. The number of halogens is 2. The lowest BCUT2D eigenvalue weighted by atomic mass is 9.99. The Hall–Kier alpha value is -4.74. The number of carbonyl (C=O) groups excluding carboxylic acids is 1. The van der Waals surface area contributed by atoms with Gasteiger partial charge in [-0.2, -0.15) is 0 Å². The number of Topliss-reactive ketones (excluding diaryl/α,β-unsaturated/α-hetero) is 1. The summed E-state index contributed by atoms with van der Waals surface area (Å²) in [4.78, 5) is 29.4. The number of rotatable bonds is 11. The number of carbonyl (C=O) groups is 1. The lowest BCUT2D eigenvalue weighted by Crippen LogP contribution is -2.19. The van der Waals surface area contributed by atoms with Crippen LogP contribution in [0.1, 0.15) is 21.6 Å². The molecule has 3 N–H and O–H groups in total. The van der Waals surface area contributed by atoms with Gasteiger partial charge in [-0.1, -0.05) is 41.7 Å². The van der Waals surface area contributed by atoms with Gasteiger partial charge in [0.05, 0.1) is 21.8 Å². The molecule has 0 aliphatic carbocycles. The molecule has 11 heteroatoms. The summed E-state index contributed by atoms with van der Waals surface area (Å²) >= 11 is 1.28. The average Bonchev–Trinajstić information content (AvgIpc) is 3.34. The fourth-order valence-corrected chi connectivity index (χ4v) is 5.27. The monoisotopic (exact) mass is 600 g/mol. The van der Waals surface area contributed by atoms with Gasteiger partial charge >= 0.3 is 0 Å². The maximum absolute atomic E-state index is 14.2. The quantitative estimate of drug-likeness (QED) is 0.165. The number of aromatic nitrogens is 3. The van der Waals surface area contributed by atoms with E-state index < -0.39 is 23.0 Å². The molecule has 2 aromatic heterocycles. The second-order valence-corrected chi connectivity index (χ2v) is 11.2. The van der Waals surface area contributed by atoms with Gasteiger partial charge in [0.15, 0.2) is 10.9 Å². The van der Waals surface area contributed by atoms with E-state index in [-0.39, 0.29) is 6.42 Å². The number of aryl methyl sites for hydroxylation is 1. The highest BCUT2D eigenvalue weighted by molar-refractivity contribution is 7.19. The van der Waals surface area contributed by atoms with Gasteiger partial charge in [0.25, 0.3) is 0 Å². The fourth-order valence-electron chi connectivity index (χ4n) is 4.45. The van der Waals surface area contributed by atoms with Crippen molar-refractivity contribution in [3.63, 3.8) is 0 Å². The molecule has 0 radical (unpaired) electrons. The number of likely N-dealkylation sites (N-methyl/N-ethyl adjacent to an activating group) is 1. The highest BCUT2D eigenvalue weighted by atomic mass is 32.1. The Balaban J connectivity index is 1.40. The first-order chi connectivity index (χ1) is 20.7. The molecule has 8 nitrogen and oxygen atoms in total. The van der Waals surface area contributed by atoms with E-state index in [1.165, 1.54) is 17.4 Å². The van der Waals surface area contributed by atoms with E-state index in [9.17, 15) is 13.6 Å². The van der Waals surface area contributed by atoms with E-state index in [2.05, 4.69) is 15.3 Å². The normalized spacial score (nSPS) is 11.1. The van der Waals surface area contributed by atoms with Gasteiger partial charge in [-0.25, -0.2) is 23.7 Å². The van der Waals surface area contributed by atoms with Crippen LogP contribution >= 0.6 is 11.3 Å². The number of hydrogen-bond donors (Lipinski definition) is 2. The molecule has 220 valence electrons. The third-order valence-corrected chi connectivity index (χ3v) is 7.34. The predicted molar refractivity (Wildman–Crippen MR) is 166 cm³/mol. The van der Waals surface area contributed by atoms with E-state index in [0.717, 1.165) is 40.7 Å². The Bertz CT molecular complexity index is 1750. The van der Waals surface area contributed by atoms with Crippen molar-refractivity contribution in [2.45, 2.75) is 13.3 Å². The second-order valence-electron chi connectivity index (χ2n) is 10.1. The molecule has 5 aromatic rings. The summed E-state index contributed by atoms with van der Waals surface area (Å²) in [5.41, 5.74) is 9.57. The summed E-state index contributed by atoms with van der Waals surface area (Å²) in [7, 11) is 3.98. The van der Waals surface area contributed by atoms with Crippen LogP contribution in [0, 0.1) is 18.6 Å². The van der Waals surface area contributed by atoms with Crippen LogP contribution in [-0.4, -0.2) is 52.9 Å². The molecule has 2 heterocycles. The molecule has 3 aromatic carbocycles. The second kappa shape index (κ2) is 13.1. The molecule has 43 heavy (non-hydrogen) atoms. The minimum atomic E-state index is -0.886. The number of benzene rings is 3. The van der Waals surface area contributed by atoms with Crippen LogP contribution in [0.25, 0.3) is 21.8 Å². The number of hydrogen-bond acceptors (Lipinski definition) is 9. The zero-order chi connectivity index (χ0) is 30.5. The number of nitrogens with one attached hydrogen (secondary N) is 1. The zero-order valence-electron chi connectivity index (χ0n) is 23.9. The smallest absolute Gasteiger partial charge is 0.228 e. The Morgan fingerprint density at radius 2 is 1.72 bits per heavy atom. The summed E-state index contributed by atoms with van der Waals surface area (Å²) in [6.45, 7) is 3.23. The van der Waals surface area contributed by atoms with Crippen molar-refractivity contribution < 1.29 is 18.3 Å².